The number of hydrogen-bond donors (Lipinski definition) is 1. The van der Waals surface area contributed by atoms with E-state index >= 15 is 0 Å². The molecule has 80 valence electrons. The first-order valence-corrected chi connectivity index (χ1v) is 5.76. The van der Waals surface area contributed by atoms with Gasteiger partial charge in [-0.2, -0.15) is 4.98 Å². The van der Waals surface area contributed by atoms with Crippen LogP contribution in [0.1, 0.15) is 12.8 Å². The standard InChI is InChI=1S/C9H12N4OS/c1-2-10-4-3-8-12-9(13-14-8)7-5-15-6-11-7/h5-6,10H,2-4H2,1H3. The normalized spacial score (nSPS) is 10.7. The Labute approximate surface area is 91.5 Å². The first-order valence-electron chi connectivity index (χ1n) is 4.82. The lowest BCUT2D eigenvalue weighted by atomic mass is 10.4. The predicted octanol–water partition coefficient (Wildman–Crippen LogP) is 1.35. The van der Waals surface area contributed by atoms with Gasteiger partial charge in [0, 0.05) is 18.3 Å². The molecule has 0 radical (unpaired) electrons. The number of likely N-dealkylation sites (N-methyl/N-ethyl adjacent to an activating group) is 1. The summed E-state index contributed by atoms with van der Waals surface area (Å²) >= 11 is 1.52. The Hall–Kier alpha value is -1.27. The molecular weight excluding hydrogens is 212 g/mol. The van der Waals surface area contributed by atoms with Gasteiger partial charge in [-0.1, -0.05) is 12.1 Å². The third-order valence-corrected chi connectivity index (χ3v) is 2.48. The molecule has 0 fully saturated rings. The second kappa shape index (κ2) is 4.99. The van der Waals surface area contributed by atoms with Gasteiger partial charge in [-0.05, 0) is 6.54 Å². The van der Waals surface area contributed by atoms with Crippen LogP contribution in [0.25, 0.3) is 11.5 Å². The molecule has 0 aliphatic heterocycles. The molecule has 2 aromatic heterocycles. The molecule has 2 rings (SSSR count). The maximum Gasteiger partial charge on any atom is 0.228 e. The first kappa shape index (κ1) is 10.3. The van der Waals surface area contributed by atoms with Crippen molar-refractivity contribution in [2.45, 2.75) is 13.3 Å². The van der Waals surface area contributed by atoms with Crippen LogP contribution in [0.5, 0.6) is 0 Å². The summed E-state index contributed by atoms with van der Waals surface area (Å²) in [5, 5.41) is 8.97. The van der Waals surface area contributed by atoms with Gasteiger partial charge in [0.2, 0.25) is 11.7 Å². The van der Waals surface area contributed by atoms with E-state index in [1.807, 2.05) is 5.38 Å². The molecule has 2 heterocycles. The molecule has 0 atom stereocenters. The Morgan fingerprint density at radius 1 is 1.53 bits per heavy atom. The minimum atomic E-state index is 0.572. The first-order chi connectivity index (χ1) is 7.40. The summed E-state index contributed by atoms with van der Waals surface area (Å²) in [6.07, 6.45) is 0.755. The van der Waals surface area contributed by atoms with E-state index in [2.05, 4.69) is 27.4 Å². The largest absolute Gasteiger partial charge is 0.339 e. The highest BCUT2D eigenvalue weighted by molar-refractivity contribution is 7.07. The molecule has 0 spiro atoms. The molecule has 0 saturated carbocycles. The summed E-state index contributed by atoms with van der Waals surface area (Å²) in [5.74, 6) is 1.22. The summed E-state index contributed by atoms with van der Waals surface area (Å²) in [4.78, 5) is 8.37. The molecule has 6 heteroatoms. The molecule has 5 nitrogen and oxygen atoms in total. The Bertz CT molecular complexity index is 398. The van der Waals surface area contributed by atoms with E-state index in [1.54, 1.807) is 5.51 Å². The lowest BCUT2D eigenvalue weighted by molar-refractivity contribution is 0.376. The van der Waals surface area contributed by atoms with Gasteiger partial charge in [0.05, 0.1) is 5.51 Å². The molecule has 0 saturated heterocycles. The Balaban J connectivity index is 1.98. The van der Waals surface area contributed by atoms with Crippen molar-refractivity contribution in [2.24, 2.45) is 0 Å². The maximum absolute atomic E-state index is 5.10. The van der Waals surface area contributed by atoms with Crippen molar-refractivity contribution in [1.29, 1.82) is 0 Å². The lowest BCUT2D eigenvalue weighted by Crippen LogP contribution is -2.16. The fourth-order valence-corrected chi connectivity index (χ4v) is 1.69. The minimum Gasteiger partial charge on any atom is -0.339 e. The molecule has 0 amide bonds. The van der Waals surface area contributed by atoms with Crippen LogP contribution in [-0.4, -0.2) is 28.2 Å². The van der Waals surface area contributed by atoms with Gasteiger partial charge in [-0.15, -0.1) is 11.3 Å². The number of nitrogens with one attached hydrogen (secondary N) is 1. The fraction of sp³-hybridized carbons (Fsp3) is 0.444. The number of thiazole rings is 1. The van der Waals surface area contributed by atoms with Crippen LogP contribution in [0.3, 0.4) is 0 Å². The van der Waals surface area contributed by atoms with E-state index in [4.69, 9.17) is 4.52 Å². The zero-order chi connectivity index (χ0) is 10.5. The molecule has 0 aliphatic rings. The smallest absolute Gasteiger partial charge is 0.228 e. The van der Waals surface area contributed by atoms with E-state index in [1.165, 1.54) is 11.3 Å². The topological polar surface area (TPSA) is 63.8 Å². The summed E-state index contributed by atoms with van der Waals surface area (Å²) in [6, 6.07) is 0. The highest BCUT2D eigenvalue weighted by Crippen LogP contribution is 2.14. The van der Waals surface area contributed by atoms with Gasteiger partial charge >= 0.3 is 0 Å². The number of nitrogens with zero attached hydrogens (tertiary/aromatic N) is 3. The van der Waals surface area contributed by atoms with E-state index in [0.717, 1.165) is 25.2 Å². The minimum absolute atomic E-state index is 0.572. The highest BCUT2D eigenvalue weighted by Gasteiger charge is 2.09. The van der Waals surface area contributed by atoms with Crippen molar-refractivity contribution >= 4 is 11.3 Å². The monoisotopic (exact) mass is 224 g/mol. The van der Waals surface area contributed by atoms with Gasteiger partial charge in [0.15, 0.2) is 0 Å². The van der Waals surface area contributed by atoms with Gasteiger partial charge in [-0.25, -0.2) is 4.98 Å². The van der Waals surface area contributed by atoms with Crippen LogP contribution in [0.4, 0.5) is 0 Å². The zero-order valence-corrected chi connectivity index (χ0v) is 9.25. The third kappa shape index (κ3) is 2.60. The Morgan fingerprint density at radius 3 is 3.20 bits per heavy atom. The van der Waals surface area contributed by atoms with Crippen LogP contribution in [-0.2, 0) is 6.42 Å². The fourth-order valence-electron chi connectivity index (χ4n) is 1.16. The van der Waals surface area contributed by atoms with Crippen LogP contribution in [0.15, 0.2) is 15.4 Å². The average molecular weight is 224 g/mol. The van der Waals surface area contributed by atoms with Crippen molar-refractivity contribution in [2.75, 3.05) is 13.1 Å². The van der Waals surface area contributed by atoms with Crippen LogP contribution < -0.4 is 5.32 Å². The average Bonchev–Trinajstić information content (AvgIpc) is 2.87. The van der Waals surface area contributed by atoms with Gasteiger partial charge in [0.25, 0.3) is 0 Å². The quantitative estimate of drug-likeness (QED) is 0.776. The van der Waals surface area contributed by atoms with Crippen LogP contribution >= 0.6 is 11.3 Å². The highest BCUT2D eigenvalue weighted by atomic mass is 32.1. The molecule has 2 aromatic rings. The number of aromatic nitrogens is 3. The van der Waals surface area contributed by atoms with Crippen molar-refractivity contribution in [3.05, 3.63) is 16.8 Å². The Morgan fingerprint density at radius 2 is 2.47 bits per heavy atom. The predicted molar refractivity (Wildman–Crippen MR) is 57.7 cm³/mol. The van der Waals surface area contributed by atoms with Crippen molar-refractivity contribution in [3.63, 3.8) is 0 Å². The Kier molecular flexibility index (Phi) is 3.41. The maximum atomic E-state index is 5.10. The second-order valence-electron chi connectivity index (χ2n) is 2.99. The third-order valence-electron chi connectivity index (χ3n) is 1.90. The van der Waals surface area contributed by atoms with Gasteiger partial charge in [0.1, 0.15) is 5.69 Å². The SMILES string of the molecule is CCNCCc1nc(-c2cscn2)no1. The summed E-state index contributed by atoms with van der Waals surface area (Å²) in [6.45, 7) is 3.87. The van der Waals surface area contributed by atoms with Crippen molar-refractivity contribution < 1.29 is 4.52 Å². The lowest BCUT2D eigenvalue weighted by Gasteiger charge is -1.94. The molecule has 0 aliphatic carbocycles. The second-order valence-corrected chi connectivity index (χ2v) is 3.71. The zero-order valence-electron chi connectivity index (χ0n) is 8.43. The molecule has 0 unspecified atom stereocenters. The van der Waals surface area contributed by atoms with Crippen LogP contribution in [0, 0.1) is 0 Å². The summed E-state index contributed by atoms with van der Waals surface area (Å²) < 4.78 is 5.10. The molecule has 0 bridgehead atoms. The van der Waals surface area contributed by atoms with Crippen molar-refractivity contribution in [1.82, 2.24) is 20.4 Å². The van der Waals surface area contributed by atoms with Crippen LogP contribution in [0.2, 0.25) is 0 Å². The molecule has 1 N–H and O–H groups in total. The van der Waals surface area contributed by atoms with Crippen molar-refractivity contribution in [3.8, 4) is 11.5 Å². The van der Waals surface area contributed by atoms with E-state index in [-0.39, 0.29) is 0 Å². The number of hydrogen-bond acceptors (Lipinski definition) is 6. The summed E-state index contributed by atoms with van der Waals surface area (Å²) in [5.41, 5.74) is 2.53. The van der Waals surface area contributed by atoms with Gasteiger partial charge < -0.3 is 9.84 Å². The van der Waals surface area contributed by atoms with Gasteiger partial charge in [-0.3, -0.25) is 0 Å². The number of rotatable bonds is 5. The van der Waals surface area contributed by atoms with E-state index < -0.39 is 0 Å². The van der Waals surface area contributed by atoms with E-state index in [0.29, 0.717) is 11.7 Å². The molecular formula is C9H12N4OS. The summed E-state index contributed by atoms with van der Waals surface area (Å²) in [7, 11) is 0. The molecule has 15 heavy (non-hydrogen) atoms. The van der Waals surface area contributed by atoms with E-state index in [9.17, 15) is 0 Å². The molecule has 0 aromatic carbocycles.